The molecule has 0 spiro atoms. The molecular weight excluding hydrogens is 317 g/mol. The van der Waals surface area contributed by atoms with E-state index in [0.29, 0.717) is 24.1 Å². The second-order valence-corrected chi connectivity index (χ2v) is 6.02. The number of anilines is 1. The van der Waals surface area contributed by atoms with Gasteiger partial charge in [-0.25, -0.2) is 4.39 Å². The first-order chi connectivity index (χ1) is 12.2. The van der Waals surface area contributed by atoms with Crippen molar-refractivity contribution in [3.8, 4) is 0 Å². The highest BCUT2D eigenvalue weighted by atomic mass is 19.1. The fourth-order valence-corrected chi connectivity index (χ4v) is 2.75. The van der Waals surface area contributed by atoms with E-state index in [1.807, 2.05) is 6.07 Å². The van der Waals surface area contributed by atoms with E-state index in [4.69, 9.17) is 0 Å². The third kappa shape index (κ3) is 5.55. The summed E-state index contributed by atoms with van der Waals surface area (Å²) >= 11 is 0. The molecule has 2 aromatic rings. The number of nitrogens with one attached hydrogen (secondary N) is 1. The molecule has 0 unspecified atom stereocenters. The lowest BCUT2D eigenvalue weighted by Gasteiger charge is -2.23. The van der Waals surface area contributed by atoms with Gasteiger partial charge in [-0.15, -0.1) is 0 Å². The molecular formula is C20H26FN3O. The average molecular weight is 343 g/mol. The lowest BCUT2D eigenvalue weighted by atomic mass is 10.1. The highest BCUT2D eigenvalue weighted by Gasteiger charge is 2.11. The molecule has 0 aliphatic carbocycles. The van der Waals surface area contributed by atoms with E-state index >= 15 is 0 Å². The smallest absolute Gasteiger partial charge is 0.252 e. The van der Waals surface area contributed by atoms with E-state index in [0.717, 1.165) is 31.6 Å². The first-order valence-electron chi connectivity index (χ1n) is 8.87. The van der Waals surface area contributed by atoms with Crippen LogP contribution in [0.1, 0.15) is 42.6 Å². The second kappa shape index (κ2) is 9.77. The predicted molar refractivity (Wildman–Crippen MR) is 99.5 cm³/mol. The van der Waals surface area contributed by atoms with Gasteiger partial charge in [0.2, 0.25) is 0 Å². The SMILES string of the molecule is CCCN(CCC)c1cncc(C(=O)NCCc2ccccc2F)c1. The van der Waals surface area contributed by atoms with Crippen LogP contribution in [0.15, 0.2) is 42.7 Å². The summed E-state index contributed by atoms with van der Waals surface area (Å²) in [7, 11) is 0. The number of pyridine rings is 1. The van der Waals surface area contributed by atoms with Crippen molar-refractivity contribution in [2.24, 2.45) is 0 Å². The van der Waals surface area contributed by atoms with Crippen molar-refractivity contribution < 1.29 is 9.18 Å². The van der Waals surface area contributed by atoms with Crippen molar-refractivity contribution in [1.82, 2.24) is 10.3 Å². The third-order valence-electron chi connectivity index (χ3n) is 3.98. The Morgan fingerprint density at radius 2 is 1.88 bits per heavy atom. The standard InChI is InChI=1S/C20H26FN3O/c1-3-11-24(12-4-2)18-13-17(14-22-15-18)20(25)23-10-9-16-7-5-6-8-19(16)21/h5-8,13-15H,3-4,9-12H2,1-2H3,(H,23,25). The van der Waals surface area contributed by atoms with Gasteiger partial charge in [-0.05, 0) is 37.0 Å². The Balaban J connectivity index is 1.97. The summed E-state index contributed by atoms with van der Waals surface area (Å²) in [6.45, 7) is 6.53. The molecule has 1 amide bonds. The van der Waals surface area contributed by atoms with Gasteiger partial charge in [0.25, 0.3) is 5.91 Å². The molecule has 1 aromatic carbocycles. The zero-order valence-corrected chi connectivity index (χ0v) is 15.0. The van der Waals surface area contributed by atoms with Crippen molar-refractivity contribution in [1.29, 1.82) is 0 Å². The molecule has 0 saturated heterocycles. The normalized spacial score (nSPS) is 10.5. The summed E-state index contributed by atoms with van der Waals surface area (Å²) in [5, 5.41) is 2.84. The van der Waals surface area contributed by atoms with Gasteiger partial charge in [0, 0.05) is 25.8 Å². The first-order valence-corrected chi connectivity index (χ1v) is 8.87. The number of hydrogen-bond donors (Lipinski definition) is 1. The van der Waals surface area contributed by atoms with Crippen LogP contribution in [0.4, 0.5) is 10.1 Å². The van der Waals surface area contributed by atoms with Crippen molar-refractivity contribution in [3.05, 3.63) is 59.7 Å². The number of rotatable bonds is 9. The Morgan fingerprint density at radius 3 is 2.56 bits per heavy atom. The van der Waals surface area contributed by atoms with Gasteiger partial charge in [-0.2, -0.15) is 0 Å². The maximum Gasteiger partial charge on any atom is 0.252 e. The minimum absolute atomic E-state index is 0.182. The van der Waals surface area contributed by atoms with Gasteiger partial charge < -0.3 is 10.2 Å². The Hall–Kier alpha value is -2.43. The van der Waals surface area contributed by atoms with Crippen molar-refractivity contribution in [3.63, 3.8) is 0 Å². The van der Waals surface area contributed by atoms with E-state index in [2.05, 4.69) is 29.0 Å². The van der Waals surface area contributed by atoms with Crippen LogP contribution in [0.5, 0.6) is 0 Å². The lowest BCUT2D eigenvalue weighted by Crippen LogP contribution is -2.28. The number of benzene rings is 1. The molecule has 1 heterocycles. The molecule has 0 saturated carbocycles. The van der Waals surface area contributed by atoms with Gasteiger partial charge in [-0.3, -0.25) is 9.78 Å². The largest absolute Gasteiger partial charge is 0.370 e. The van der Waals surface area contributed by atoms with Gasteiger partial charge >= 0.3 is 0 Å². The molecule has 1 aromatic heterocycles. The van der Waals surface area contributed by atoms with Crippen molar-refractivity contribution in [2.75, 3.05) is 24.5 Å². The Kier molecular flexibility index (Phi) is 7.38. The van der Waals surface area contributed by atoms with Crippen LogP contribution in [0, 0.1) is 5.82 Å². The minimum Gasteiger partial charge on any atom is -0.370 e. The summed E-state index contributed by atoms with van der Waals surface area (Å²) in [6, 6.07) is 8.49. The van der Waals surface area contributed by atoms with E-state index in [-0.39, 0.29) is 11.7 Å². The molecule has 25 heavy (non-hydrogen) atoms. The molecule has 0 aliphatic heterocycles. The Bertz CT molecular complexity index is 684. The zero-order chi connectivity index (χ0) is 18.1. The topological polar surface area (TPSA) is 45.2 Å². The zero-order valence-electron chi connectivity index (χ0n) is 15.0. The molecule has 0 radical (unpaired) electrons. The number of halogens is 1. The van der Waals surface area contributed by atoms with Crippen LogP contribution in [0.2, 0.25) is 0 Å². The van der Waals surface area contributed by atoms with Crippen LogP contribution in [-0.2, 0) is 6.42 Å². The first kappa shape index (κ1) is 18.9. The molecule has 0 aliphatic rings. The maximum absolute atomic E-state index is 13.6. The fraction of sp³-hybridized carbons (Fsp3) is 0.400. The van der Waals surface area contributed by atoms with E-state index in [1.165, 1.54) is 6.07 Å². The molecule has 0 bridgehead atoms. The molecule has 0 fully saturated rings. The monoisotopic (exact) mass is 343 g/mol. The maximum atomic E-state index is 13.6. The van der Waals surface area contributed by atoms with E-state index in [1.54, 1.807) is 30.6 Å². The van der Waals surface area contributed by atoms with Crippen LogP contribution < -0.4 is 10.2 Å². The number of carbonyl (C=O) groups is 1. The minimum atomic E-state index is -0.241. The van der Waals surface area contributed by atoms with Gasteiger partial charge in [0.05, 0.1) is 17.4 Å². The fourth-order valence-electron chi connectivity index (χ4n) is 2.75. The van der Waals surface area contributed by atoms with E-state index < -0.39 is 0 Å². The summed E-state index contributed by atoms with van der Waals surface area (Å²) in [4.78, 5) is 18.8. The Labute approximate surface area is 149 Å². The number of nitrogens with zero attached hydrogens (tertiary/aromatic N) is 2. The second-order valence-electron chi connectivity index (χ2n) is 6.02. The highest BCUT2D eigenvalue weighted by Crippen LogP contribution is 2.15. The number of aromatic nitrogens is 1. The van der Waals surface area contributed by atoms with Crippen LogP contribution in [-0.4, -0.2) is 30.5 Å². The number of amides is 1. The van der Waals surface area contributed by atoms with Gasteiger partial charge in [0.15, 0.2) is 0 Å². The average Bonchev–Trinajstić information content (AvgIpc) is 2.63. The molecule has 1 N–H and O–H groups in total. The van der Waals surface area contributed by atoms with Crippen LogP contribution in [0.25, 0.3) is 0 Å². The van der Waals surface area contributed by atoms with Crippen LogP contribution >= 0.6 is 0 Å². The van der Waals surface area contributed by atoms with Crippen molar-refractivity contribution >= 4 is 11.6 Å². The van der Waals surface area contributed by atoms with Gasteiger partial charge in [-0.1, -0.05) is 32.0 Å². The number of carbonyl (C=O) groups excluding carboxylic acids is 1. The molecule has 4 nitrogen and oxygen atoms in total. The Morgan fingerprint density at radius 1 is 1.16 bits per heavy atom. The number of hydrogen-bond acceptors (Lipinski definition) is 3. The van der Waals surface area contributed by atoms with Gasteiger partial charge in [0.1, 0.15) is 5.82 Å². The van der Waals surface area contributed by atoms with Crippen molar-refractivity contribution in [2.45, 2.75) is 33.1 Å². The molecule has 0 atom stereocenters. The summed E-state index contributed by atoms with van der Waals surface area (Å²) in [5.41, 5.74) is 2.10. The predicted octanol–water partition coefficient (Wildman–Crippen LogP) is 3.82. The third-order valence-corrected chi connectivity index (χ3v) is 3.98. The summed E-state index contributed by atoms with van der Waals surface area (Å²) in [6.07, 6.45) is 5.90. The highest BCUT2D eigenvalue weighted by molar-refractivity contribution is 5.94. The summed E-state index contributed by atoms with van der Waals surface area (Å²) < 4.78 is 13.6. The molecule has 5 heteroatoms. The molecule has 2 rings (SSSR count). The lowest BCUT2D eigenvalue weighted by molar-refractivity contribution is 0.0953. The molecule has 134 valence electrons. The quantitative estimate of drug-likeness (QED) is 0.753. The van der Waals surface area contributed by atoms with E-state index in [9.17, 15) is 9.18 Å². The van der Waals surface area contributed by atoms with Crippen LogP contribution in [0.3, 0.4) is 0 Å². The summed E-state index contributed by atoms with van der Waals surface area (Å²) in [5.74, 6) is -0.422.